The molecular weight excluding hydrogens is 394 g/mol. The van der Waals surface area contributed by atoms with Crippen molar-refractivity contribution < 1.29 is 9.59 Å². The highest BCUT2D eigenvalue weighted by atomic mass is 32.1. The maximum absolute atomic E-state index is 12.9. The molecule has 30 heavy (non-hydrogen) atoms. The Hall–Kier alpha value is -2.73. The molecule has 3 aromatic rings. The van der Waals surface area contributed by atoms with E-state index in [4.69, 9.17) is 0 Å². The lowest BCUT2D eigenvalue weighted by Crippen LogP contribution is -2.29. The molecule has 4 rings (SSSR count). The van der Waals surface area contributed by atoms with Gasteiger partial charge in [-0.05, 0) is 62.8 Å². The average molecular weight is 422 g/mol. The van der Waals surface area contributed by atoms with Crippen LogP contribution in [0.3, 0.4) is 0 Å². The van der Waals surface area contributed by atoms with E-state index in [-0.39, 0.29) is 11.8 Å². The van der Waals surface area contributed by atoms with Gasteiger partial charge in [-0.2, -0.15) is 0 Å². The van der Waals surface area contributed by atoms with Gasteiger partial charge in [0.1, 0.15) is 0 Å². The summed E-state index contributed by atoms with van der Waals surface area (Å²) in [6.07, 6.45) is 5.14. The number of fused-ring (bicyclic) bond motifs is 1. The van der Waals surface area contributed by atoms with Crippen molar-refractivity contribution in [3.63, 3.8) is 0 Å². The van der Waals surface area contributed by atoms with Gasteiger partial charge in [-0.1, -0.05) is 24.3 Å². The molecule has 1 aromatic heterocycles. The van der Waals surface area contributed by atoms with Gasteiger partial charge in [0.2, 0.25) is 5.91 Å². The number of aromatic nitrogens is 1. The molecule has 2 amide bonds. The molecule has 0 bridgehead atoms. The fourth-order valence-corrected chi connectivity index (χ4v) is 4.94. The first-order chi connectivity index (χ1) is 14.6. The molecule has 6 heteroatoms. The highest BCUT2D eigenvalue weighted by Gasteiger charge is 2.24. The van der Waals surface area contributed by atoms with Crippen LogP contribution in [0.5, 0.6) is 0 Å². The number of carbonyl (C=O) groups is 2. The summed E-state index contributed by atoms with van der Waals surface area (Å²) < 4.78 is 1.21. The lowest BCUT2D eigenvalue weighted by atomic mass is 10.0. The van der Waals surface area contributed by atoms with Crippen LogP contribution in [-0.2, 0) is 11.2 Å². The fourth-order valence-electron chi connectivity index (χ4n) is 3.94. The Morgan fingerprint density at radius 2 is 1.87 bits per heavy atom. The number of thiazole rings is 1. The number of anilines is 1. The van der Waals surface area contributed by atoms with Gasteiger partial charge >= 0.3 is 0 Å². The number of hydrogen-bond donors (Lipinski definition) is 1. The number of nitrogens with one attached hydrogen (secondary N) is 1. The van der Waals surface area contributed by atoms with Crippen LogP contribution in [0.4, 0.5) is 5.69 Å². The third kappa shape index (κ3) is 4.70. The number of para-hydroxylation sites is 1. The molecule has 1 aliphatic heterocycles. The number of aryl methyl sites for hydroxylation is 2. The standard InChI is InChI=1S/C24H27N3O2S/c1-17-9-8-11-19(23(17)24(29)27-15-6-7-16-27)25-21(28)13-4-5-14-22-26-18-10-2-3-12-20(18)30-22/h2-3,8-12H,4-7,13-16H2,1H3,(H,25,28). The zero-order chi connectivity index (χ0) is 20.9. The van der Waals surface area contributed by atoms with Gasteiger partial charge in [0.05, 0.1) is 26.5 Å². The molecule has 0 spiro atoms. The molecule has 2 aromatic carbocycles. The molecule has 2 heterocycles. The molecule has 156 valence electrons. The lowest BCUT2D eigenvalue weighted by molar-refractivity contribution is -0.116. The van der Waals surface area contributed by atoms with Crippen LogP contribution in [0.15, 0.2) is 42.5 Å². The molecule has 0 saturated carbocycles. The fraction of sp³-hybridized carbons (Fsp3) is 0.375. The van der Waals surface area contributed by atoms with Gasteiger partial charge < -0.3 is 10.2 Å². The minimum Gasteiger partial charge on any atom is -0.339 e. The summed E-state index contributed by atoms with van der Waals surface area (Å²) in [6, 6.07) is 13.8. The molecule has 1 N–H and O–H groups in total. The third-order valence-corrected chi connectivity index (χ3v) is 6.63. The Morgan fingerprint density at radius 3 is 2.67 bits per heavy atom. The van der Waals surface area contributed by atoms with Crippen molar-refractivity contribution in [3.05, 3.63) is 58.6 Å². The summed E-state index contributed by atoms with van der Waals surface area (Å²) in [5.41, 5.74) is 3.20. The van der Waals surface area contributed by atoms with E-state index in [1.807, 2.05) is 48.2 Å². The van der Waals surface area contributed by atoms with E-state index in [1.54, 1.807) is 11.3 Å². The molecular formula is C24H27N3O2S. The predicted molar refractivity (Wildman–Crippen MR) is 122 cm³/mol. The number of carbonyl (C=O) groups excluding carboxylic acids is 2. The summed E-state index contributed by atoms with van der Waals surface area (Å²) in [5, 5.41) is 4.10. The van der Waals surface area contributed by atoms with Gasteiger partial charge in [0.15, 0.2) is 0 Å². The van der Waals surface area contributed by atoms with Crippen LogP contribution in [-0.4, -0.2) is 34.8 Å². The monoisotopic (exact) mass is 421 g/mol. The number of nitrogens with zero attached hydrogens (tertiary/aromatic N) is 2. The van der Waals surface area contributed by atoms with Crippen molar-refractivity contribution in [2.45, 2.75) is 45.4 Å². The summed E-state index contributed by atoms with van der Waals surface area (Å²) in [4.78, 5) is 32.0. The molecule has 1 saturated heterocycles. The maximum atomic E-state index is 12.9. The SMILES string of the molecule is Cc1cccc(NC(=O)CCCCc2nc3ccccc3s2)c1C(=O)N1CCCC1. The molecule has 1 aliphatic rings. The first-order valence-electron chi connectivity index (χ1n) is 10.6. The van der Waals surface area contributed by atoms with Crippen LogP contribution in [0.1, 0.15) is 53.0 Å². The summed E-state index contributed by atoms with van der Waals surface area (Å²) in [5.74, 6) is -0.0166. The van der Waals surface area contributed by atoms with E-state index < -0.39 is 0 Å². The van der Waals surface area contributed by atoms with Gasteiger partial charge in [-0.25, -0.2) is 4.98 Å². The van der Waals surface area contributed by atoms with Crippen LogP contribution in [0.25, 0.3) is 10.2 Å². The van der Waals surface area contributed by atoms with Gasteiger partial charge in [0.25, 0.3) is 5.91 Å². The quantitative estimate of drug-likeness (QED) is 0.534. The molecule has 0 radical (unpaired) electrons. The molecule has 0 atom stereocenters. The second-order valence-corrected chi connectivity index (χ2v) is 8.94. The van der Waals surface area contributed by atoms with Gasteiger partial charge in [-0.15, -0.1) is 11.3 Å². The Morgan fingerprint density at radius 1 is 1.07 bits per heavy atom. The van der Waals surface area contributed by atoms with Crippen molar-refractivity contribution in [1.29, 1.82) is 0 Å². The molecule has 1 fully saturated rings. The average Bonchev–Trinajstić information content (AvgIpc) is 3.40. The van der Waals surface area contributed by atoms with Crippen molar-refractivity contribution in [3.8, 4) is 0 Å². The minimum atomic E-state index is -0.0413. The number of benzene rings is 2. The zero-order valence-corrected chi connectivity index (χ0v) is 18.1. The van der Waals surface area contributed by atoms with Crippen molar-refractivity contribution in [2.24, 2.45) is 0 Å². The van der Waals surface area contributed by atoms with E-state index in [0.717, 1.165) is 61.3 Å². The largest absolute Gasteiger partial charge is 0.339 e. The van der Waals surface area contributed by atoms with Crippen LogP contribution < -0.4 is 5.32 Å². The van der Waals surface area contributed by atoms with Crippen molar-refractivity contribution in [1.82, 2.24) is 9.88 Å². The smallest absolute Gasteiger partial charge is 0.256 e. The predicted octanol–water partition coefficient (Wildman–Crippen LogP) is 5.19. The summed E-state index contributed by atoms with van der Waals surface area (Å²) in [6.45, 7) is 3.52. The first-order valence-corrected chi connectivity index (χ1v) is 11.5. The second-order valence-electron chi connectivity index (χ2n) is 7.83. The first kappa shape index (κ1) is 20.5. The Balaban J connectivity index is 1.31. The Bertz CT molecular complexity index is 1020. The van der Waals surface area contributed by atoms with Gasteiger partial charge in [0, 0.05) is 19.5 Å². The van der Waals surface area contributed by atoms with Crippen LogP contribution >= 0.6 is 11.3 Å². The van der Waals surface area contributed by atoms with E-state index in [9.17, 15) is 9.59 Å². The number of rotatable bonds is 7. The highest BCUT2D eigenvalue weighted by Crippen LogP contribution is 2.25. The Kier molecular flexibility index (Phi) is 6.43. The number of unbranched alkanes of at least 4 members (excludes halogenated alkanes) is 1. The third-order valence-electron chi connectivity index (χ3n) is 5.54. The van der Waals surface area contributed by atoms with Crippen LogP contribution in [0.2, 0.25) is 0 Å². The topological polar surface area (TPSA) is 62.3 Å². The van der Waals surface area contributed by atoms with E-state index in [0.29, 0.717) is 17.7 Å². The highest BCUT2D eigenvalue weighted by molar-refractivity contribution is 7.18. The van der Waals surface area contributed by atoms with Crippen LogP contribution in [0, 0.1) is 6.92 Å². The van der Waals surface area contributed by atoms with Gasteiger partial charge in [-0.3, -0.25) is 9.59 Å². The van der Waals surface area contributed by atoms with E-state index >= 15 is 0 Å². The normalized spacial score (nSPS) is 13.7. The lowest BCUT2D eigenvalue weighted by Gasteiger charge is -2.19. The van der Waals surface area contributed by atoms with E-state index in [2.05, 4.69) is 16.4 Å². The molecule has 0 unspecified atom stereocenters. The molecule has 0 aliphatic carbocycles. The zero-order valence-electron chi connectivity index (χ0n) is 17.3. The van der Waals surface area contributed by atoms with Crippen molar-refractivity contribution in [2.75, 3.05) is 18.4 Å². The summed E-state index contributed by atoms with van der Waals surface area (Å²) in [7, 11) is 0. The minimum absolute atomic E-state index is 0.0248. The Labute approximate surface area is 181 Å². The van der Waals surface area contributed by atoms with E-state index in [1.165, 1.54) is 4.70 Å². The number of amides is 2. The summed E-state index contributed by atoms with van der Waals surface area (Å²) >= 11 is 1.72. The van der Waals surface area contributed by atoms with Crippen molar-refractivity contribution >= 4 is 39.1 Å². The number of hydrogen-bond acceptors (Lipinski definition) is 4. The molecule has 5 nitrogen and oxygen atoms in total. The second kappa shape index (κ2) is 9.39. The maximum Gasteiger partial charge on any atom is 0.256 e. The number of likely N-dealkylation sites (tertiary alicyclic amines) is 1.